The lowest BCUT2D eigenvalue weighted by Crippen LogP contribution is -2.29. The molecular weight excluding hydrogens is 388 g/mol. The number of esters is 1. The van der Waals surface area contributed by atoms with E-state index in [9.17, 15) is 4.79 Å². The van der Waals surface area contributed by atoms with Crippen LogP contribution in [0.4, 0.5) is 5.95 Å². The molecule has 29 heavy (non-hydrogen) atoms. The number of benzene rings is 1. The van der Waals surface area contributed by atoms with Gasteiger partial charge in [-0.1, -0.05) is 44.2 Å². The van der Waals surface area contributed by atoms with Gasteiger partial charge in [0.25, 0.3) is 0 Å². The van der Waals surface area contributed by atoms with Crippen LogP contribution in [0.25, 0.3) is 0 Å². The van der Waals surface area contributed by atoms with Gasteiger partial charge in [-0.05, 0) is 37.5 Å². The van der Waals surface area contributed by atoms with E-state index in [1.807, 2.05) is 31.2 Å². The Hall–Kier alpha value is -2.48. The number of fused-ring (bicyclic) bond motifs is 1. The fourth-order valence-corrected chi connectivity index (χ4v) is 3.82. The first kappa shape index (κ1) is 21.2. The molecule has 0 radical (unpaired) electrons. The number of thioether (sulfide) groups is 1. The maximum atomic E-state index is 13.0. The fraction of sp³-hybridized carbons (Fsp3) is 0.476. The van der Waals surface area contributed by atoms with E-state index in [1.165, 1.54) is 0 Å². The van der Waals surface area contributed by atoms with Crippen molar-refractivity contribution in [1.29, 1.82) is 0 Å². The molecule has 0 bridgehead atoms. The number of hydrogen-bond donors (Lipinski definition) is 1. The molecule has 2 aromatic rings. The highest BCUT2D eigenvalue weighted by Crippen LogP contribution is 2.37. The smallest absolute Gasteiger partial charge is 0.338 e. The summed E-state index contributed by atoms with van der Waals surface area (Å²) in [6, 6.07) is 7.26. The molecule has 1 N–H and O–H groups in total. The predicted octanol–water partition coefficient (Wildman–Crippen LogP) is 4.42. The van der Waals surface area contributed by atoms with Crippen LogP contribution >= 0.6 is 11.8 Å². The van der Waals surface area contributed by atoms with Crippen molar-refractivity contribution in [3.05, 3.63) is 41.1 Å². The largest absolute Gasteiger partial charge is 0.497 e. The van der Waals surface area contributed by atoms with Gasteiger partial charge in [-0.3, -0.25) is 0 Å². The summed E-state index contributed by atoms with van der Waals surface area (Å²) in [6.45, 7) is 6.47. The van der Waals surface area contributed by atoms with Gasteiger partial charge in [0, 0.05) is 11.4 Å². The van der Waals surface area contributed by atoms with E-state index >= 15 is 0 Å². The SMILES string of the molecule is CCCCOC(=O)C1=C(C)Nc2nc(SCCC)nn2C1c1ccc(OC)cc1. The highest BCUT2D eigenvalue weighted by molar-refractivity contribution is 7.99. The molecule has 1 atom stereocenters. The van der Waals surface area contributed by atoms with Gasteiger partial charge in [-0.2, -0.15) is 4.98 Å². The lowest BCUT2D eigenvalue weighted by Gasteiger charge is -2.28. The molecule has 1 aliphatic heterocycles. The van der Waals surface area contributed by atoms with Gasteiger partial charge >= 0.3 is 5.97 Å². The summed E-state index contributed by atoms with van der Waals surface area (Å²) < 4.78 is 12.6. The number of allylic oxidation sites excluding steroid dienone is 1. The molecule has 0 amide bonds. The van der Waals surface area contributed by atoms with Crippen molar-refractivity contribution >= 4 is 23.7 Å². The zero-order valence-corrected chi connectivity index (χ0v) is 18.2. The molecule has 1 aliphatic rings. The molecule has 0 fully saturated rings. The topological polar surface area (TPSA) is 78.3 Å². The normalized spacial score (nSPS) is 15.7. The molecule has 0 aliphatic carbocycles. The molecule has 2 heterocycles. The molecule has 0 saturated carbocycles. The monoisotopic (exact) mass is 416 g/mol. The highest BCUT2D eigenvalue weighted by atomic mass is 32.2. The Kier molecular flexibility index (Phi) is 7.19. The number of aromatic nitrogens is 3. The van der Waals surface area contributed by atoms with E-state index < -0.39 is 6.04 Å². The summed E-state index contributed by atoms with van der Waals surface area (Å²) >= 11 is 1.61. The molecule has 1 unspecified atom stereocenters. The van der Waals surface area contributed by atoms with Crippen molar-refractivity contribution in [2.75, 3.05) is 24.8 Å². The van der Waals surface area contributed by atoms with Crippen LogP contribution in [0.1, 0.15) is 51.6 Å². The highest BCUT2D eigenvalue weighted by Gasteiger charge is 2.35. The van der Waals surface area contributed by atoms with Gasteiger partial charge in [0.1, 0.15) is 11.8 Å². The number of carbonyl (C=O) groups is 1. The maximum absolute atomic E-state index is 13.0. The van der Waals surface area contributed by atoms with Gasteiger partial charge in [-0.15, -0.1) is 5.10 Å². The second kappa shape index (κ2) is 9.82. The molecular formula is C21H28N4O3S. The Labute approximate surface area is 175 Å². The van der Waals surface area contributed by atoms with Gasteiger partial charge in [0.15, 0.2) is 0 Å². The third-order valence-electron chi connectivity index (χ3n) is 4.65. The van der Waals surface area contributed by atoms with E-state index in [0.29, 0.717) is 23.3 Å². The lowest BCUT2D eigenvalue weighted by molar-refractivity contribution is -0.139. The van der Waals surface area contributed by atoms with E-state index in [0.717, 1.165) is 42.0 Å². The second-order valence-corrected chi connectivity index (χ2v) is 7.90. The summed E-state index contributed by atoms with van der Waals surface area (Å²) in [6.07, 6.45) is 2.85. The molecule has 0 saturated heterocycles. The molecule has 0 spiro atoms. The van der Waals surface area contributed by atoms with Crippen LogP contribution in [-0.2, 0) is 9.53 Å². The van der Waals surface area contributed by atoms with Crippen molar-refractivity contribution in [2.24, 2.45) is 0 Å². The van der Waals surface area contributed by atoms with Crippen LogP contribution in [0.2, 0.25) is 0 Å². The van der Waals surface area contributed by atoms with Crippen LogP contribution in [0, 0.1) is 0 Å². The zero-order chi connectivity index (χ0) is 20.8. The fourth-order valence-electron chi connectivity index (χ4n) is 3.13. The average molecular weight is 417 g/mol. The quantitative estimate of drug-likeness (QED) is 0.368. The molecule has 1 aromatic carbocycles. The third kappa shape index (κ3) is 4.75. The van der Waals surface area contributed by atoms with Gasteiger partial charge < -0.3 is 14.8 Å². The van der Waals surface area contributed by atoms with Crippen LogP contribution in [0.3, 0.4) is 0 Å². The standard InChI is InChI=1S/C21H28N4O3S/c1-5-7-12-28-19(26)17-14(3)22-20-23-21(29-13-6-2)24-25(20)18(17)15-8-10-16(27-4)11-9-15/h8-11,18H,5-7,12-13H2,1-4H3,(H,22,23,24). The van der Waals surface area contributed by atoms with Crippen LogP contribution < -0.4 is 10.1 Å². The van der Waals surface area contributed by atoms with Crippen molar-refractivity contribution in [3.8, 4) is 5.75 Å². The van der Waals surface area contributed by atoms with E-state index in [1.54, 1.807) is 23.6 Å². The summed E-state index contributed by atoms with van der Waals surface area (Å²) in [4.78, 5) is 17.6. The molecule has 7 nitrogen and oxygen atoms in total. The van der Waals surface area contributed by atoms with Gasteiger partial charge in [-0.25, -0.2) is 9.48 Å². The lowest BCUT2D eigenvalue weighted by atomic mass is 9.96. The number of ether oxygens (including phenoxy) is 2. The minimum absolute atomic E-state index is 0.326. The minimum atomic E-state index is -0.408. The first-order valence-electron chi connectivity index (χ1n) is 9.97. The summed E-state index contributed by atoms with van der Waals surface area (Å²) in [7, 11) is 1.63. The Morgan fingerprint density at radius 1 is 1.24 bits per heavy atom. The van der Waals surface area contributed by atoms with Crippen molar-refractivity contribution in [1.82, 2.24) is 14.8 Å². The number of carbonyl (C=O) groups excluding carboxylic acids is 1. The van der Waals surface area contributed by atoms with Crippen LogP contribution in [0.15, 0.2) is 40.7 Å². The number of rotatable bonds is 9. The number of anilines is 1. The molecule has 156 valence electrons. The average Bonchev–Trinajstić information content (AvgIpc) is 3.13. The third-order valence-corrected chi connectivity index (χ3v) is 5.69. The summed E-state index contributed by atoms with van der Waals surface area (Å²) in [5, 5.41) is 8.61. The maximum Gasteiger partial charge on any atom is 0.338 e. The number of nitrogens with zero attached hydrogens (tertiary/aromatic N) is 3. The van der Waals surface area contributed by atoms with Crippen molar-refractivity contribution < 1.29 is 14.3 Å². The van der Waals surface area contributed by atoms with E-state index in [4.69, 9.17) is 9.47 Å². The van der Waals surface area contributed by atoms with Gasteiger partial charge in [0.2, 0.25) is 11.1 Å². The second-order valence-electron chi connectivity index (χ2n) is 6.84. The number of nitrogens with one attached hydrogen (secondary N) is 1. The Bertz CT molecular complexity index is 877. The van der Waals surface area contributed by atoms with E-state index in [2.05, 4.69) is 29.2 Å². The Morgan fingerprint density at radius 2 is 2.00 bits per heavy atom. The molecule has 8 heteroatoms. The first-order valence-corrected chi connectivity index (χ1v) is 11.0. The summed E-state index contributed by atoms with van der Waals surface area (Å²) in [5.41, 5.74) is 2.21. The Balaban J connectivity index is 2.00. The number of hydrogen-bond acceptors (Lipinski definition) is 7. The zero-order valence-electron chi connectivity index (χ0n) is 17.4. The van der Waals surface area contributed by atoms with Crippen LogP contribution in [0.5, 0.6) is 5.75 Å². The predicted molar refractivity (Wildman–Crippen MR) is 114 cm³/mol. The van der Waals surface area contributed by atoms with E-state index in [-0.39, 0.29) is 5.97 Å². The minimum Gasteiger partial charge on any atom is -0.497 e. The van der Waals surface area contributed by atoms with Gasteiger partial charge in [0.05, 0.1) is 19.3 Å². The number of unbranched alkanes of at least 4 members (excludes halogenated alkanes) is 1. The van der Waals surface area contributed by atoms with Crippen molar-refractivity contribution in [3.63, 3.8) is 0 Å². The van der Waals surface area contributed by atoms with Crippen molar-refractivity contribution in [2.45, 2.75) is 51.2 Å². The molecule has 1 aromatic heterocycles. The first-order chi connectivity index (χ1) is 14.1. The number of methoxy groups -OCH3 is 1. The van der Waals surface area contributed by atoms with Crippen LogP contribution in [-0.4, -0.2) is 40.2 Å². The Morgan fingerprint density at radius 3 is 2.66 bits per heavy atom. The summed E-state index contributed by atoms with van der Waals surface area (Å²) in [5.74, 6) is 2.00. The molecule has 3 rings (SSSR count).